The molecule has 0 fully saturated rings. The number of halogens is 2. The standard InChI is InChI=1S/C15H15BrClN3O/c1-2-18-14-7-12(13(17)9-19-14)15(21)20-8-10-4-3-5-11(16)6-10/h3-7,9H,2,8H2,1H3,(H,18,19)(H,20,21). The molecular weight excluding hydrogens is 354 g/mol. The van der Waals surface area contributed by atoms with Gasteiger partial charge in [-0.25, -0.2) is 4.98 Å². The number of hydrogen-bond acceptors (Lipinski definition) is 3. The van der Waals surface area contributed by atoms with Crippen LogP contribution in [0.3, 0.4) is 0 Å². The zero-order valence-corrected chi connectivity index (χ0v) is 13.8. The number of benzene rings is 1. The van der Waals surface area contributed by atoms with Crippen LogP contribution in [0.25, 0.3) is 0 Å². The summed E-state index contributed by atoms with van der Waals surface area (Å²) in [5.41, 5.74) is 1.42. The first-order valence-corrected chi connectivity index (χ1v) is 7.69. The molecule has 0 spiro atoms. The lowest BCUT2D eigenvalue weighted by Crippen LogP contribution is -2.23. The molecule has 0 aliphatic carbocycles. The number of hydrogen-bond donors (Lipinski definition) is 2. The molecule has 21 heavy (non-hydrogen) atoms. The van der Waals surface area contributed by atoms with E-state index in [4.69, 9.17) is 11.6 Å². The normalized spacial score (nSPS) is 10.2. The van der Waals surface area contributed by atoms with Crippen LogP contribution >= 0.6 is 27.5 Å². The maximum atomic E-state index is 12.2. The van der Waals surface area contributed by atoms with Gasteiger partial charge in [0.15, 0.2) is 0 Å². The van der Waals surface area contributed by atoms with E-state index in [1.807, 2.05) is 31.2 Å². The van der Waals surface area contributed by atoms with Crippen LogP contribution in [-0.2, 0) is 6.54 Å². The van der Waals surface area contributed by atoms with E-state index in [1.165, 1.54) is 6.20 Å². The first-order chi connectivity index (χ1) is 10.1. The van der Waals surface area contributed by atoms with Crippen LogP contribution < -0.4 is 10.6 Å². The molecule has 0 unspecified atom stereocenters. The first kappa shape index (κ1) is 15.8. The van der Waals surface area contributed by atoms with E-state index in [2.05, 4.69) is 31.5 Å². The third-order valence-corrected chi connectivity index (χ3v) is 3.59. The molecule has 0 atom stereocenters. The summed E-state index contributed by atoms with van der Waals surface area (Å²) < 4.78 is 0.977. The summed E-state index contributed by atoms with van der Waals surface area (Å²) >= 11 is 9.44. The second-order valence-electron chi connectivity index (χ2n) is 4.39. The summed E-state index contributed by atoms with van der Waals surface area (Å²) in [7, 11) is 0. The van der Waals surface area contributed by atoms with Crippen LogP contribution in [0.4, 0.5) is 5.82 Å². The fraction of sp³-hybridized carbons (Fsp3) is 0.200. The molecule has 1 heterocycles. The predicted molar refractivity (Wildman–Crippen MR) is 88.7 cm³/mol. The molecule has 1 aromatic heterocycles. The van der Waals surface area contributed by atoms with Crippen molar-refractivity contribution in [2.75, 3.05) is 11.9 Å². The average Bonchev–Trinajstić information content (AvgIpc) is 2.47. The van der Waals surface area contributed by atoms with Crippen LogP contribution in [0, 0.1) is 0 Å². The molecule has 1 amide bonds. The summed E-state index contributed by atoms with van der Waals surface area (Å²) in [6.07, 6.45) is 1.48. The molecule has 110 valence electrons. The van der Waals surface area contributed by atoms with Gasteiger partial charge in [-0.05, 0) is 30.7 Å². The van der Waals surface area contributed by atoms with E-state index in [-0.39, 0.29) is 5.91 Å². The maximum Gasteiger partial charge on any atom is 0.253 e. The van der Waals surface area contributed by atoms with E-state index < -0.39 is 0 Å². The van der Waals surface area contributed by atoms with Gasteiger partial charge in [0.25, 0.3) is 5.91 Å². The highest BCUT2D eigenvalue weighted by Gasteiger charge is 2.11. The fourth-order valence-electron chi connectivity index (χ4n) is 1.81. The molecule has 4 nitrogen and oxygen atoms in total. The Labute approximate surface area is 137 Å². The molecule has 0 aliphatic heterocycles. The molecule has 6 heteroatoms. The van der Waals surface area contributed by atoms with Gasteiger partial charge in [0.2, 0.25) is 0 Å². The van der Waals surface area contributed by atoms with Gasteiger partial charge < -0.3 is 10.6 Å². The Balaban J connectivity index is 2.07. The summed E-state index contributed by atoms with van der Waals surface area (Å²) in [6, 6.07) is 9.42. The van der Waals surface area contributed by atoms with Gasteiger partial charge in [-0.15, -0.1) is 0 Å². The Morgan fingerprint density at radius 1 is 1.38 bits per heavy atom. The Morgan fingerprint density at radius 2 is 2.19 bits per heavy atom. The Morgan fingerprint density at radius 3 is 2.90 bits per heavy atom. The minimum atomic E-state index is -0.221. The van der Waals surface area contributed by atoms with Gasteiger partial charge in [0.1, 0.15) is 5.82 Å². The van der Waals surface area contributed by atoms with Crippen LogP contribution in [-0.4, -0.2) is 17.4 Å². The third-order valence-electron chi connectivity index (χ3n) is 2.80. The van der Waals surface area contributed by atoms with Crippen molar-refractivity contribution in [1.82, 2.24) is 10.3 Å². The number of nitrogens with zero attached hydrogens (tertiary/aromatic N) is 1. The first-order valence-electron chi connectivity index (χ1n) is 6.52. The van der Waals surface area contributed by atoms with Crippen LogP contribution in [0.15, 0.2) is 41.0 Å². The molecule has 1 aromatic carbocycles. The smallest absolute Gasteiger partial charge is 0.253 e. The number of amides is 1. The van der Waals surface area contributed by atoms with Crippen molar-refractivity contribution in [3.05, 3.63) is 57.2 Å². The molecule has 0 saturated heterocycles. The zero-order chi connectivity index (χ0) is 15.2. The number of carbonyl (C=O) groups excluding carboxylic acids is 1. The van der Waals surface area contributed by atoms with Crippen molar-refractivity contribution in [3.8, 4) is 0 Å². The van der Waals surface area contributed by atoms with E-state index in [0.717, 1.165) is 16.6 Å². The van der Waals surface area contributed by atoms with Crippen molar-refractivity contribution in [3.63, 3.8) is 0 Å². The van der Waals surface area contributed by atoms with Gasteiger partial charge in [-0.1, -0.05) is 39.7 Å². The minimum absolute atomic E-state index is 0.221. The Hall–Kier alpha value is -1.59. The predicted octanol–water partition coefficient (Wildman–Crippen LogP) is 3.86. The number of anilines is 1. The quantitative estimate of drug-likeness (QED) is 0.842. The largest absolute Gasteiger partial charge is 0.370 e. The highest BCUT2D eigenvalue weighted by Crippen LogP contribution is 2.18. The summed E-state index contributed by atoms with van der Waals surface area (Å²) in [5, 5.41) is 6.24. The monoisotopic (exact) mass is 367 g/mol. The maximum absolute atomic E-state index is 12.2. The zero-order valence-electron chi connectivity index (χ0n) is 11.5. The molecule has 2 rings (SSSR count). The van der Waals surface area contributed by atoms with Gasteiger partial charge in [0, 0.05) is 23.8 Å². The minimum Gasteiger partial charge on any atom is -0.370 e. The van der Waals surface area contributed by atoms with Gasteiger partial charge in [-0.3, -0.25) is 4.79 Å². The SMILES string of the molecule is CCNc1cc(C(=O)NCc2cccc(Br)c2)c(Cl)cn1. The number of rotatable bonds is 5. The lowest BCUT2D eigenvalue weighted by molar-refractivity contribution is 0.0951. The van der Waals surface area contributed by atoms with E-state index in [0.29, 0.717) is 22.9 Å². The van der Waals surface area contributed by atoms with Crippen LogP contribution in [0.5, 0.6) is 0 Å². The van der Waals surface area contributed by atoms with E-state index in [1.54, 1.807) is 6.07 Å². The van der Waals surface area contributed by atoms with Crippen molar-refractivity contribution in [1.29, 1.82) is 0 Å². The third kappa shape index (κ3) is 4.44. The number of pyridine rings is 1. The van der Waals surface area contributed by atoms with E-state index >= 15 is 0 Å². The lowest BCUT2D eigenvalue weighted by Gasteiger charge is -2.09. The van der Waals surface area contributed by atoms with Crippen LogP contribution in [0.2, 0.25) is 5.02 Å². The van der Waals surface area contributed by atoms with E-state index in [9.17, 15) is 4.79 Å². The molecule has 2 aromatic rings. The average molecular weight is 369 g/mol. The summed E-state index contributed by atoms with van der Waals surface area (Å²) in [6.45, 7) is 3.13. The van der Waals surface area contributed by atoms with Crippen molar-refractivity contribution >= 4 is 39.3 Å². The molecule has 0 bridgehead atoms. The second-order valence-corrected chi connectivity index (χ2v) is 5.72. The lowest BCUT2D eigenvalue weighted by atomic mass is 10.2. The molecule has 0 radical (unpaired) electrons. The second kappa shape index (κ2) is 7.43. The van der Waals surface area contributed by atoms with Crippen molar-refractivity contribution in [2.24, 2.45) is 0 Å². The molecular formula is C15H15BrClN3O. The highest BCUT2D eigenvalue weighted by molar-refractivity contribution is 9.10. The number of nitrogens with one attached hydrogen (secondary N) is 2. The molecule has 2 N–H and O–H groups in total. The van der Waals surface area contributed by atoms with Crippen LogP contribution in [0.1, 0.15) is 22.8 Å². The van der Waals surface area contributed by atoms with Gasteiger partial charge >= 0.3 is 0 Å². The van der Waals surface area contributed by atoms with Crippen molar-refractivity contribution in [2.45, 2.75) is 13.5 Å². The topological polar surface area (TPSA) is 54.0 Å². The van der Waals surface area contributed by atoms with Gasteiger partial charge in [-0.2, -0.15) is 0 Å². The highest BCUT2D eigenvalue weighted by atomic mass is 79.9. The Bertz CT molecular complexity index is 649. The van der Waals surface area contributed by atoms with Gasteiger partial charge in [0.05, 0.1) is 10.6 Å². The number of aromatic nitrogens is 1. The fourth-order valence-corrected chi connectivity index (χ4v) is 2.45. The van der Waals surface area contributed by atoms with Crippen molar-refractivity contribution < 1.29 is 4.79 Å². The molecule has 0 aliphatic rings. The summed E-state index contributed by atoms with van der Waals surface area (Å²) in [5.74, 6) is 0.413. The molecule has 0 saturated carbocycles. The Kier molecular flexibility index (Phi) is 5.59. The summed E-state index contributed by atoms with van der Waals surface area (Å²) in [4.78, 5) is 16.3. The number of carbonyl (C=O) groups is 1.